The van der Waals surface area contributed by atoms with Gasteiger partial charge in [-0.25, -0.2) is 8.42 Å². The van der Waals surface area contributed by atoms with Crippen molar-refractivity contribution in [2.45, 2.75) is 24.6 Å². The molecule has 0 radical (unpaired) electrons. The Labute approximate surface area is 201 Å². The van der Waals surface area contributed by atoms with Crippen molar-refractivity contribution < 1.29 is 22.7 Å². The number of nitrogens with zero attached hydrogens (tertiary/aromatic N) is 3. The maximum Gasteiger partial charge on any atom is 0.236 e. The third kappa shape index (κ3) is 5.06. The van der Waals surface area contributed by atoms with Crippen LogP contribution < -0.4 is 9.47 Å². The summed E-state index contributed by atoms with van der Waals surface area (Å²) in [5.74, 6) is 1.60. The molecule has 2 aromatic carbocycles. The molecule has 3 aliphatic heterocycles. The van der Waals surface area contributed by atoms with Gasteiger partial charge in [-0.05, 0) is 42.6 Å². The Bertz CT molecular complexity index is 1120. The van der Waals surface area contributed by atoms with Gasteiger partial charge in [-0.2, -0.15) is 4.31 Å². The van der Waals surface area contributed by atoms with E-state index in [2.05, 4.69) is 11.0 Å². The van der Waals surface area contributed by atoms with Crippen LogP contribution in [0, 0.1) is 0 Å². The summed E-state index contributed by atoms with van der Waals surface area (Å²) in [6.07, 6.45) is 2.04. The fourth-order valence-corrected chi connectivity index (χ4v) is 6.54. The SMILES string of the molecule is O=C(CN1CCCC1c1ccc2c(c1)OCCO2)N1CCN(S(=O)(=O)Cc2ccccc2)CC1. The average Bonchev–Trinajstić information content (AvgIpc) is 3.32. The van der Waals surface area contributed by atoms with E-state index >= 15 is 0 Å². The first-order valence-corrected chi connectivity index (χ1v) is 13.5. The highest BCUT2D eigenvalue weighted by molar-refractivity contribution is 7.88. The highest BCUT2D eigenvalue weighted by atomic mass is 32.2. The molecule has 2 saturated heterocycles. The fourth-order valence-electron chi connectivity index (χ4n) is 5.03. The predicted octanol–water partition coefficient (Wildman–Crippen LogP) is 2.27. The molecule has 2 aromatic rings. The largest absolute Gasteiger partial charge is 0.486 e. The van der Waals surface area contributed by atoms with Gasteiger partial charge in [-0.3, -0.25) is 9.69 Å². The third-order valence-electron chi connectivity index (χ3n) is 6.83. The van der Waals surface area contributed by atoms with Crippen molar-refractivity contribution in [3.8, 4) is 11.5 Å². The number of hydrogen-bond donors (Lipinski definition) is 0. The number of ether oxygens (including phenoxy) is 2. The minimum atomic E-state index is -3.40. The molecule has 34 heavy (non-hydrogen) atoms. The van der Waals surface area contributed by atoms with Gasteiger partial charge in [-0.1, -0.05) is 36.4 Å². The number of piperazine rings is 1. The first kappa shape index (κ1) is 23.1. The van der Waals surface area contributed by atoms with Gasteiger partial charge in [0.1, 0.15) is 13.2 Å². The van der Waals surface area contributed by atoms with Gasteiger partial charge in [0.25, 0.3) is 0 Å². The second-order valence-corrected chi connectivity index (χ2v) is 11.0. The van der Waals surface area contributed by atoms with E-state index < -0.39 is 10.0 Å². The van der Waals surface area contributed by atoms with Crippen LogP contribution in [-0.2, 0) is 20.6 Å². The molecule has 1 amide bonds. The first-order valence-electron chi connectivity index (χ1n) is 11.9. The predicted molar refractivity (Wildman–Crippen MR) is 128 cm³/mol. The van der Waals surface area contributed by atoms with Crippen LogP contribution in [0.5, 0.6) is 11.5 Å². The van der Waals surface area contributed by atoms with E-state index in [4.69, 9.17) is 9.47 Å². The van der Waals surface area contributed by atoms with E-state index in [9.17, 15) is 13.2 Å². The summed E-state index contributed by atoms with van der Waals surface area (Å²) in [6, 6.07) is 15.5. The van der Waals surface area contributed by atoms with Crippen LogP contribution in [0.2, 0.25) is 0 Å². The Morgan fingerprint density at radius 2 is 1.65 bits per heavy atom. The summed E-state index contributed by atoms with van der Waals surface area (Å²) in [6.45, 7) is 3.86. The number of likely N-dealkylation sites (tertiary alicyclic amines) is 1. The van der Waals surface area contributed by atoms with Gasteiger partial charge in [0.2, 0.25) is 15.9 Å². The molecule has 0 bridgehead atoms. The minimum absolute atomic E-state index is 0.00717. The molecule has 0 saturated carbocycles. The first-order chi connectivity index (χ1) is 16.5. The van der Waals surface area contributed by atoms with E-state index in [1.165, 1.54) is 4.31 Å². The molecule has 1 atom stereocenters. The van der Waals surface area contributed by atoms with Gasteiger partial charge in [0, 0.05) is 32.2 Å². The van der Waals surface area contributed by atoms with Crippen molar-refractivity contribution in [2.75, 3.05) is 52.5 Å². The van der Waals surface area contributed by atoms with Crippen LogP contribution in [-0.4, -0.2) is 80.9 Å². The maximum atomic E-state index is 13.1. The summed E-state index contributed by atoms with van der Waals surface area (Å²) in [5, 5.41) is 0. The highest BCUT2D eigenvalue weighted by Gasteiger charge is 2.33. The van der Waals surface area contributed by atoms with Crippen molar-refractivity contribution in [3.05, 3.63) is 59.7 Å². The van der Waals surface area contributed by atoms with E-state index in [0.717, 1.165) is 42.0 Å². The molecular formula is C25H31N3O5S. The monoisotopic (exact) mass is 485 g/mol. The van der Waals surface area contributed by atoms with Crippen LogP contribution in [0.25, 0.3) is 0 Å². The van der Waals surface area contributed by atoms with Gasteiger partial charge in [0.15, 0.2) is 11.5 Å². The van der Waals surface area contributed by atoms with Crippen LogP contribution >= 0.6 is 0 Å². The van der Waals surface area contributed by atoms with Crippen molar-refractivity contribution in [2.24, 2.45) is 0 Å². The van der Waals surface area contributed by atoms with Crippen molar-refractivity contribution >= 4 is 15.9 Å². The van der Waals surface area contributed by atoms with E-state index in [-0.39, 0.29) is 17.7 Å². The molecule has 0 aromatic heterocycles. The molecule has 1 unspecified atom stereocenters. The standard InChI is InChI=1S/C25H31N3O5S/c29-25(26-11-13-28(14-12-26)34(30,31)19-20-5-2-1-3-6-20)18-27-10-4-7-22(27)21-8-9-23-24(17-21)33-16-15-32-23/h1-3,5-6,8-9,17,22H,4,7,10-16,18-19H2. The molecular weight excluding hydrogens is 454 g/mol. The van der Waals surface area contributed by atoms with Crippen LogP contribution in [0.15, 0.2) is 48.5 Å². The molecule has 0 N–H and O–H groups in total. The van der Waals surface area contributed by atoms with Gasteiger partial charge in [0.05, 0.1) is 12.3 Å². The molecule has 0 spiro atoms. The molecule has 3 heterocycles. The van der Waals surface area contributed by atoms with Crippen LogP contribution in [0.4, 0.5) is 0 Å². The number of sulfonamides is 1. The average molecular weight is 486 g/mol. The Balaban J connectivity index is 1.17. The molecule has 9 heteroatoms. The number of rotatable bonds is 6. The second kappa shape index (κ2) is 9.93. The molecule has 8 nitrogen and oxygen atoms in total. The summed E-state index contributed by atoms with van der Waals surface area (Å²) >= 11 is 0. The molecule has 0 aliphatic carbocycles. The molecule has 182 valence electrons. The van der Waals surface area contributed by atoms with Gasteiger partial charge >= 0.3 is 0 Å². The normalized spacial score (nSPS) is 21.5. The number of hydrogen-bond acceptors (Lipinski definition) is 6. The number of benzene rings is 2. The van der Waals surface area contributed by atoms with E-state index in [0.29, 0.717) is 45.9 Å². The quantitative estimate of drug-likeness (QED) is 0.625. The second-order valence-electron chi connectivity index (χ2n) is 9.05. The Kier molecular flexibility index (Phi) is 6.76. The Morgan fingerprint density at radius 1 is 0.912 bits per heavy atom. The number of amides is 1. The minimum Gasteiger partial charge on any atom is -0.486 e. The number of carbonyl (C=O) groups is 1. The molecule has 2 fully saturated rings. The van der Waals surface area contributed by atoms with Crippen molar-refractivity contribution in [3.63, 3.8) is 0 Å². The Morgan fingerprint density at radius 3 is 2.41 bits per heavy atom. The lowest BCUT2D eigenvalue weighted by Gasteiger charge is -2.35. The number of carbonyl (C=O) groups excluding carboxylic acids is 1. The summed E-state index contributed by atoms with van der Waals surface area (Å²) in [4.78, 5) is 17.1. The lowest BCUT2D eigenvalue weighted by molar-refractivity contribution is -0.133. The summed E-state index contributed by atoms with van der Waals surface area (Å²) in [5.41, 5.74) is 1.92. The van der Waals surface area contributed by atoms with E-state index in [1.54, 1.807) is 4.90 Å². The maximum absolute atomic E-state index is 13.1. The van der Waals surface area contributed by atoms with Gasteiger partial charge < -0.3 is 14.4 Å². The number of fused-ring (bicyclic) bond motifs is 1. The van der Waals surface area contributed by atoms with Crippen molar-refractivity contribution in [1.29, 1.82) is 0 Å². The van der Waals surface area contributed by atoms with Crippen LogP contribution in [0.1, 0.15) is 30.0 Å². The zero-order valence-corrected chi connectivity index (χ0v) is 20.1. The highest BCUT2D eigenvalue weighted by Crippen LogP contribution is 2.38. The van der Waals surface area contributed by atoms with Crippen LogP contribution in [0.3, 0.4) is 0 Å². The smallest absolute Gasteiger partial charge is 0.236 e. The fraction of sp³-hybridized carbons (Fsp3) is 0.480. The third-order valence-corrected chi connectivity index (χ3v) is 8.68. The lowest BCUT2D eigenvalue weighted by atomic mass is 10.0. The zero-order chi connectivity index (χ0) is 23.5. The lowest BCUT2D eigenvalue weighted by Crippen LogP contribution is -2.52. The van der Waals surface area contributed by atoms with E-state index in [1.807, 2.05) is 42.5 Å². The summed E-state index contributed by atoms with van der Waals surface area (Å²) in [7, 11) is -3.40. The topological polar surface area (TPSA) is 79.4 Å². The zero-order valence-electron chi connectivity index (χ0n) is 19.3. The molecule has 3 aliphatic rings. The Hall–Kier alpha value is -2.62. The summed E-state index contributed by atoms with van der Waals surface area (Å²) < 4.78 is 38.5. The molecule has 5 rings (SSSR count). The van der Waals surface area contributed by atoms with Gasteiger partial charge in [-0.15, -0.1) is 0 Å². The van der Waals surface area contributed by atoms with Crippen molar-refractivity contribution in [1.82, 2.24) is 14.1 Å².